The maximum absolute atomic E-state index is 14.7. The normalized spacial score (nSPS) is 14.6. The number of carbonyl (C=O) groups is 1. The number of ether oxygens (including phenoxy) is 1. The van der Waals surface area contributed by atoms with Crippen molar-refractivity contribution in [3.8, 4) is 11.3 Å². The predicted octanol–water partition coefficient (Wildman–Crippen LogP) is 2.60. The first-order chi connectivity index (χ1) is 14.0. The van der Waals surface area contributed by atoms with E-state index in [1.807, 2.05) is 0 Å². The fourth-order valence-electron chi connectivity index (χ4n) is 3.33. The Hall–Kier alpha value is -3.07. The first-order valence-corrected chi connectivity index (χ1v) is 9.57. The molecular weight excluding hydrogens is 375 g/mol. The van der Waals surface area contributed by atoms with E-state index in [4.69, 9.17) is 4.74 Å². The number of nitrogens with zero attached hydrogens (tertiary/aromatic N) is 5. The number of hydrogen-bond donors (Lipinski definition) is 1. The van der Waals surface area contributed by atoms with Gasteiger partial charge in [-0.15, -0.1) is 0 Å². The Morgan fingerprint density at radius 1 is 1.24 bits per heavy atom. The molecule has 1 aromatic carbocycles. The van der Waals surface area contributed by atoms with Crippen LogP contribution < -0.4 is 10.2 Å². The Labute approximate surface area is 167 Å². The van der Waals surface area contributed by atoms with Crippen LogP contribution in [0.5, 0.6) is 0 Å². The summed E-state index contributed by atoms with van der Waals surface area (Å²) in [7, 11) is 1.80. The fourth-order valence-corrected chi connectivity index (χ4v) is 3.33. The van der Waals surface area contributed by atoms with Crippen molar-refractivity contribution in [2.75, 3.05) is 36.5 Å². The number of rotatable bonds is 4. The number of anilines is 2. The number of carbonyl (C=O) groups excluding carboxylic acids is 1. The second-order valence-corrected chi connectivity index (χ2v) is 7.31. The number of morpholine rings is 1. The molecule has 0 unspecified atom stereocenters. The molecule has 1 aliphatic heterocycles. The van der Waals surface area contributed by atoms with Crippen LogP contribution in [-0.2, 0) is 16.6 Å². The molecule has 1 fully saturated rings. The highest BCUT2D eigenvalue weighted by Gasteiger charge is 2.22. The maximum Gasteiger partial charge on any atom is 0.227 e. The molecule has 0 aliphatic carbocycles. The van der Waals surface area contributed by atoms with Gasteiger partial charge in [0.2, 0.25) is 5.91 Å². The lowest BCUT2D eigenvalue weighted by atomic mass is 10.1. The van der Waals surface area contributed by atoms with Crippen molar-refractivity contribution in [3.05, 3.63) is 30.3 Å². The first-order valence-electron chi connectivity index (χ1n) is 9.57. The minimum absolute atomic E-state index is 0.150. The molecule has 8 nitrogen and oxygen atoms in total. The van der Waals surface area contributed by atoms with Crippen molar-refractivity contribution in [1.29, 1.82) is 0 Å². The van der Waals surface area contributed by atoms with Gasteiger partial charge in [-0.1, -0.05) is 19.9 Å². The Morgan fingerprint density at radius 2 is 2.00 bits per heavy atom. The highest BCUT2D eigenvalue weighted by molar-refractivity contribution is 6.00. The summed E-state index contributed by atoms with van der Waals surface area (Å²) >= 11 is 0. The highest BCUT2D eigenvalue weighted by Crippen LogP contribution is 2.34. The molecule has 1 saturated heterocycles. The third-order valence-corrected chi connectivity index (χ3v) is 4.94. The number of aryl methyl sites for hydroxylation is 1. The number of fused-ring (bicyclic) bond motifs is 1. The highest BCUT2D eigenvalue weighted by atomic mass is 19.1. The molecular formula is C20H23FN6O2. The number of halogens is 1. The lowest BCUT2D eigenvalue weighted by Gasteiger charge is -2.28. The van der Waals surface area contributed by atoms with Crippen LogP contribution >= 0.6 is 0 Å². The summed E-state index contributed by atoms with van der Waals surface area (Å²) in [5, 5.41) is 7.96. The van der Waals surface area contributed by atoms with Gasteiger partial charge in [0.05, 0.1) is 24.3 Å². The zero-order valence-corrected chi connectivity index (χ0v) is 16.6. The topological polar surface area (TPSA) is 85.2 Å². The van der Waals surface area contributed by atoms with Crippen LogP contribution in [0.3, 0.4) is 0 Å². The molecule has 0 radical (unpaired) electrons. The molecule has 3 heterocycles. The number of nitrogens with one attached hydrogen (secondary N) is 1. The molecule has 2 aromatic heterocycles. The Morgan fingerprint density at radius 3 is 2.69 bits per heavy atom. The minimum atomic E-state index is -0.514. The van der Waals surface area contributed by atoms with E-state index in [1.54, 1.807) is 37.7 Å². The lowest BCUT2D eigenvalue weighted by Crippen LogP contribution is -2.36. The van der Waals surface area contributed by atoms with E-state index in [0.717, 1.165) is 24.3 Å². The summed E-state index contributed by atoms with van der Waals surface area (Å²) in [5.74, 6) is -0.218. The van der Waals surface area contributed by atoms with Crippen molar-refractivity contribution in [1.82, 2.24) is 19.7 Å². The van der Waals surface area contributed by atoms with Crippen molar-refractivity contribution in [2.24, 2.45) is 13.0 Å². The van der Waals surface area contributed by atoms with Crippen LogP contribution in [0.15, 0.2) is 24.5 Å². The van der Waals surface area contributed by atoms with Crippen LogP contribution in [0.4, 0.5) is 15.9 Å². The van der Waals surface area contributed by atoms with Gasteiger partial charge in [-0.2, -0.15) is 5.10 Å². The van der Waals surface area contributed by atoms with E-state index in [2.05, 4.69) is 25.3 Å². The second kappa shape index (κ2) is 7.75. The largest absolute Gasteiger partial charge is 0.378 e. The van der Waals surface area contributed by atoms with Crippen molar-refractivity contribution >= 4 is 28.4 Å². The molecule has 0 atom stereocenters. The lowest BCUT2D eigenvalue weighted by molar-refractivity contribution is -0.118. The van der Waals surface area contributed by atoms with E-state index in [1.165, 1.54) is 12.4 Å². The molecule has 1 N–H and O–H groups in total. The Balaban J connectivity index is 1.78. The molecule has 0 spiro atoms. The molecule has 0 bridgehead atoms. The van der Waals surface area contributed by atoms with Gasteiger partial charge in [0.25, 0.3) is 0 Å². The van der Waals surface area contributed by atoms with Crippen molar-refractivity contribution < 1.29 is 13.9 Å². The third-order valence-electron chi connectivity index (χ3n) is 4.94. The van der Waals surface area contributed by atoms with Gasteiger partial charge in [0, 0.05) is 31.6 Å². The number of benzene rings is 1. The van der Waals surface area contributed by atoms with Gasteiger partial charge in [0.15, 0.2) is 5.65 Å². The van der Waals surface area contributed by atoms with Crippen LogP contribution in [0, 0.1) is 11.7 Å². The van der Waals surface area contributed by atoms with Crippen molar-refractivity contribution in [2.45, 2.75) is 13.8 Å². The average Bonchev–Trinajstić information content (AvgIpc) is 3.07. The van der Waals surface area contributed by atoms with E-state index in [0.29, 0.717) is 30.1 Å². The molecule has 9 heteroatoms. The fraction of sp³-hybridized carbons (Fsp3) is 0.400. The molecule has 1 amide bonds. The van der Waals surface area contributed by atoms with E-state index in [-0.39, 0.29) is 17.5 Å². The minimum Gasteiger partial charge on any atom is -0.378 e. The van der Waals surface area contributed by atoms with Gasteiger partial charge in [-0.3, -0.25) is 4.79 Å². The maximum atomic E-state index is 14.7. The van der Waals surface area contributed by atoms with Crippen LogP contribution in [-0.4, -0.2) is 52.0 Å². The zero-order chi connectivity index (χ0) is 20.5. The summed E-state index contributed by atoms with van der Waals surface area (Å²) in [4.78, 5) is 22.9. The smallest absolute Gasteiger partial charge is 0.227 e. The van der Waals surface area contributed by atoms with Gasteiger partial charge >= 0.3 is 0 Å². The first kappa shape index (κ1) is 19.3. The van der Waals surface area contributed by atoms with Gasteiger partial charge < -0.3 is 15.0 Å². The summed E-state index contributed by atoms with van der Waals surface area (Å²) in [6.45, 7) is 6.20. The molecule has 29 heavy (non-hydrogen) atoms. The molecule has 0 saturated carbocycles. The van der Waals surface area contributed by atoms with Gasteiger partial charge in [-0.25, -0.2) is 19.0 Å². The van der Waals surface area contributed by atoms with Crippen LogP contribution in [0.25, 0.3) is 22.3 Å². The van der Waals surface area contributed by atoms with Crippen molar-refractivity contribution in [3.63, 3.8) is 0 Å². The standard InChI is InChI=1S/C20H23FN6O2/c1-12(2)20(28)24-15-5-4-13(10-14(15)21)17-16-18(26(3)25-17)22-11-23-19(16)27-6-8-29-9-7-27/h4-5,10-12H,6-9H2,1-3H3,(H,24,28). The van der Waals surface area contributed by atoms with Crippen LogP contribution in [0.1, 0.15) is 13.8 Å². The summed E-state index contributed by atoms with van der Waals surface area (Å²) in [5.41, 5.74) is 2.02. The Bertz CT molecular complexity index is 1060. The molecule has 152 valence electrons. The molecule has 1 aliphatic rings. The van der Waals surface area contributed by atoms with E-state index >= 15 is 0 Å². The number of hydrogen-bond acceptors (Lipinski definition) is 6. The molecule has 3 aromatic rings. The number of amides is 1. The quantitative estimate of drug-likeness (QED) is 0.727. The zero-order valence-electron chi connectivity index (χ0n) is 16.6. The monoisotopic (exact) mass is 398 g/mol. The SMILES string of the molecule is CC(C)C(=O)Nc1ccc(-c2nn(C)c3ncnc(N4CCOCC4)c23)cc1F. The molecule has 4 rings (SSSR count). The third kappa shape index (κ3) is 3.65. The summed E-state index contributed by atoms with van der Waals surface area (Å²) < 4.78 is 21.8. The van der Waals surface area contributed by atoms with Crippen LogP contribution in [0.2, 0.25) is 0 Å². The average molecular weight is 398 g/mol. The Kier molecular flexibility index (Phi) is 5.14. The van der Waals surface area contributed by atoms with E-state index < -0.39 is 5.82 Å². The second-order valence-electron chi connectivity index (χ2n) is 7.31. The van der Waals surface area contributed by atoms with Gasteiger partial charge in [-0.05, 0) is 12.1 Å². The number of aromatic nitrogens is 4. The summed E-state index contributed by atoms with van der Waals surface area (Å²) in [6.07, 6.45) is 1.52. The predicted molar refractivity (Wildman–Crippen MR) is 108 cm³/mol. The van der Waals surface area contributed by atoms with E-state index in [9.17, 15) is 9.18 Å². The summed E-state index contributed by atoms with van der Waals surface area (Å²) in [6, 6.07) is 4.69. The van der Waals surface area contributed by atoms with Gasteiger partial charge in [0.1, 0.15) is 23.7 Å².